The highest BCUT2D eigenvalue weighted by molar-refractivity contribution is 8.13. The summed E-state index contributed by atoms with van der Waals surface area (Å²) in [6, 6.07) is 4.84. The quantitative estimate of drug-likeness (QED) is 0.589. The maximum Gasteiger partial charge on any atom is 0.225 e. The zero-order valence-electron chi connectivity index (χ0n) is 8.80. The molecule has 0 saturated carbocycles. The van der Waals surface area contributed by atoms with Crippen molar-refractivity contribution in [1.29, 1.82) is 5.41 Å². The number of anilines is 1. The number of nitrogens with one attached hydrogen (secondary N) is 2. The number of halogens is 2. The summed E-state index contributed by atoms with van der Waals surface area (Å²) in [5.74, 6) is 0.266. The first kappa shape index (κ1) is 14.2. The summed E-state index contributed by atoms with van der Waals surface area (Å²) in [6.07, 6.45) is 0.257. The highest BCUT2D eigenvalue weighted by Gasteiger charge is 2.06. The van der Waals surface area contributed by atoms with Crippen molar-refractivity contribution in [2.75, 3.05) is 11.1 Å². The molecule has 0 aliphatic heterocycles. The van der Waals surface area contributed by atoms with E-state index in [1.54, 1.807) is 18.2 Å². The van der Waals surface area contributed by atoms with Gasteiger partial charge in [-0.2, -0.15) is 0 Å². The van der Waals surface area contributed by atoms with E-state index in [4.69, 9.17) is 34.3 Å². The van der Waals surface area contributed by atoms with Crippen molar-refractivity contribution < 1.29 is 4.79 Å². The van der Waals surface area contributed by atoms with E-state index in [-0.39, 0.29) is 17.5 Å². The molecule has 1 aromatic rings. The standard InChI is InChI=1S/C10H11Cl2N3OS/c11-6-1-2-7(12)8(5-6)15-9(16)3-4-17-10(13)14/h1-2,5H,3-4H2,(H3,13,14)(H,15,16). The van der Waals surface area contributed by atoms with Crippen LogP contribution in [0, 0.1) is 5.41 Å². The molecule has 0 aromatic heterocycles. The van der Waals surface area contributed by atoms with Crippen molar-refractivity contribution in [3.63, 3.8) is 0 Å². The summed E-state index contributed by atoms with van der Waals surface area (Å²) in [5, 5.41) is 10.6. The molecule has 7 heteroatoms. The van der Waals surface area contributed by atoms with Gasteiger partial charge in [-0.25, -0.2) is 0 Å². The fourth-order valence-corrected chi connectivity index (χ4v) is 1.90. The van der Waals surface area contributed by atoms with Crippen LogP contribution in [0.1, 0.15) is 6.42 Å². The Morgan fingerprint density at radius 1 is 1.47 bits per heavy atom. The van der Waals surface area contributed by atoms with E-state index in [0.717, 1.165) is 11.8 Å². The lowest BCUT2D eigenvalue weighted by molar-refractivity contribution is -0.115. The number of thioether (sulfide) groups is 1. The monoisotopic (exact) mass is 291 g/mol. The van der Waals surface area contributed by atoms with Crippen LogP contribution >= 0.6 is 35.0 Å². The normalized spacial score (nSPS) is 10.0. The second kappa shape index (κ2) is 6.74. The van der Waals surface area contributed by atoms with Crippen molar-refractivity contribution in [2.45, 2.75) is 6.42 Å². The molecular weight excluding hydrogens is 281 g/mol. The van der Waals surface area contributed by atoms with Crippen LogP contribution in [0.5, 0.6) is 0 Å². The SMILES string of the molecule is N=C(N)SCCC(=O)Nc1cc(Cl)ccc1Cl. The third kappa shape index (κ3) is 5.30. The zero-order valence-corrected chi connectivity index (χ0v) is 11.1. The third-order valence-corrected chi connectivity index (χ3v) is 3.07. The van der Waals surface area contributed by atoms with E-state index in [0.29, 0.717) is 21.5 Å². The van der Waals surface area contributed by atoms with Crippen LogP contribution in [-0.2, 0) is 4.79 Å². The lowest BCUT2D eigenvalue weighted by atomic mass is 10.3. The lowest BCUT2D eigenvalue weighted by Crippen LogP contribution is -2.14. The highest BCUT2D eigenvalue weighted by atomic mass is 35.5. The molecule has 0 aliphatic rings. The summed E-state index contributed by atoms with van der Waals surface area (Å²) in [6.45, 7) is 0. The molecule has 1 rings (SSSR count). The molecule has 0 saturated heterocycles. The summed E-state index contributed by atoms with van der Waals surface area (Å²) in [5.41, 5.74) is 5.63. The molecule has 4 N–H and O–H groups in total. The smallest absolute Gasteiger partial charge is 0.225 e. The molecular formula is C10H11Cl2N3OS. The molecule has 1 amide bonds. The summed E-state index contributed by atoms with van der Waals surface area (Å²) in [4.78, 5) is 11.5. The van der Waals surface area contributed by atoms with Crippen LogP contribution < -0.4 is 11.1 Å². The van der Waals surface area contributed by atoms with Gasteiger partial charge in [-0.05, 0) is 18.2 Å². The van der Waals surface area contributed by atoms with Crippen molar-refractivity contribution in [3.8, 4) is 0 Å². The highest BCUT2D eigenvalue weighted by Crippen LogP contribution is 2.25. The molecule has 17 heavy (non-hydrogen) atoms. The van der Waals surface area contributed by atoms with E-state index in [1.807, 2.05) is 0 Å². The van der Waals surface area contributed by atoms with Crippen LogP contribution in [0.3, 0.4) is 0 Å². The number of hydrogen-bond acceptors (Lipinski definition) is 3. The molecule has 1 aromatic carbocycles. The first-order valence-corrected chi connectivity index (χ1v) is 6.45. The molecule has 0 fully saturated rings. The van der Waals surface area contributed by atoms with Crippen molar-refractivity contribution in [3.05, 3.63) is 28.2 Å². The minimum absolute atomic E-state index is 0.00131. The van der Waals surface area contributed by atoms with Crippen LogP contribution in [0.2, 0.25) is 10.0 Å². The van der Waals surface area contributed by atoms with E-state index in [1.165, 1.54) is 0 Å². The van der Waals surface area contributed by atoms with Crippen molar-refractivity contribution >= 4 is 51.7 Å². The fraction of sp³-hybridized carbons (Fsp3) is 0.200. The number of hydrogen-bond donors (Lipinski definition) is 3. The number of amides is 1. The first-order valence-electron chi connectivity index (χ1n) is 4.71. The fourth-order valence-electron chi connectivity index (χ4n) is 1.06. The Bertz CT molecular complexity index is 440. The van der Waals surface area contributed by atoms with Gasteiger partial charge in [0.15, 0.2) is 5.17 Å². The summed E-state index contributed by atoms with van der Waals surface area (Å²) >= 11 is 12.8. The molecule has 92 valence electrons. The topological polar surface area (TPSA) is 79.0 Å². The van der Waals surface area contributed by atoms with E-state index in [2.05, 4.69) is 5.32 Å². The van der Waals surface area contributed by atoms with Gasteiger partial charge in [0.1, 0.15) is 0 Å². The Balaban J connectivity index is 2.50. The third-order valence-electron chi connectivity index (χ3n) is 1.79. The van der Waals surface area contributed by atoms with E-state index < -0.39 is 0 Å². The minimum atomic E-state index is -0.192. The van der Waals surface area contributed by atoms with Crippen LogP contribution in [0.4, 0.5) is 5.69 Å². The number of amidine groups is 1. The molecule has 0 unspecified atom stereocenters. The molecule has 0 spiro atoms. The van der Waals surface area contributed by atoms with Crippen LogP contribution in [0.15, 0.2) is 18.2 Å². The first-order chi connectivity index (χ1) is 7.99. The summed E-state index contributed by atoms with van der Waals surface area (Å²) in [7, 11) is 0. The number of benzene rings is 1. The number of carbonyl (C=O) groups is 1. The minimum Gasteiger partial charge on any atom is -0.379 e. The van der Waals surface area contributed by atoms with E-state index >= 15 is 0 Å². The molecule has 0 radical (unpaired) electrons. The predicted molar refractivity (Wildman–Crippen MR) is 74.1 cm³/mol. The molecule has 0 aliphatic carbocycles. The Labute approximate surface area is 113 Å². The number of rotatable bonds is 4. The molecule has 0 bridgehead atoms. The van der Waals surface area contributed by atoms with Gasteiger partial charge in [-0.3, -0.25) is 10.2 Å². The molecule has 0 heterocycles. The second-order valence-corrected chi connectivity index (χ2v) is 5.12. The van der Waals surface area contributed by atoms with Crippen LogP contribution in [0.25, 0.3) is 0 Å². The lowest BCUT2D eigenvalue weighted by Gasteiger charge is -2.07. The van der Waals surface area contributed by atoms with Crippen molar-refractivity contribution in [1.82, 2.24) is 0 Å². The van der Waals surface area contributed by atoms with E-state index in [9.17, 15) is 4.79 Å². The van der Waals surface area contributed by atoms with Gasteiger partial charge in [-0.1, -0.05) is 35.0 Å². The average Bonchev–Trinajstić information content (AvgIpc) is 2.23. The molecule has 0 atom stereocenters. The van der Waals surface area contributed by atoms with Crippen LogP contribution in [-0.4, -0.2) is 16.8 Å². The predicted octanol–water partition coefficient (Wildman–Crippen LogP) is 2.95. The second-order valence-electron chi connectivity index (χ2n) is 3.14. The van der Waals surface area contributed by atoms with Gasteiger partial charge < -0.3 is 11.1 Å². The number of nitrogens with two attached hydrogens (primary N) is 1. The average molecular weight is 292 g/mol. The van der Waals surface area contributed by atoms with Crippen molar-refractivity contribution in [2.24, 2.45) is 5.73 Å². The van der Waals surface area contributed by atoms with Gasteiger partial charge in [0.05, 0.1) is 10.7 Å². The van der Waals surface area contributed by atoms with Gasteiger partial charge in [0, 0.05) is 17.2 Å². The van der Waals surface area contributed by atoms with Gasteiger partial charge in [0.2, 0.25) is 5.91 Å². The summed E-state index contributed by atoms with van der Waals surface area (Å²) < 4.78 is 0. The van der Waals surface area contributed by atoms with Gasteiger partial charge in [-0.15, -0.1) is 0 Å². The zero-order chi connectivity index (χ0) is 12.8. The Kier molecular flexibility index (Phi) is 5.61. The maximum absolute atomic E-state index is 11.5. The maximum atomic E-state index is 11.5. The Morgan fingerprint density at radius 3 is 2.82 bits per heavy atom. The van der Waals surface area contributed by atoms with Gasteiger partial charge in [0.25, 0.3) is 0 Å². The Hall–Kier alpha value is -0.910. The Morgan fingerprint density at radius 2 is 2.18 bits per heavy atom. The van der Waals surface area contributed by atoms with Gasteiger partial charge >= 0.3 is 0 Å². The number of carbonyl (C=O) groups excluding carboxylic acids is 1. The molecule has 4 nitrogen and oxygen atoms in total. The largest absolute Gasteiger partial charge is 0.379 e.